The Morgan fingerprint density at radius 2 is 2.00 bits per heavy atom. The molecule has 2 heterocycles. The number of halogens is 1. The fourth-order valence-electron chi connectivity index (χ4n) is 3.85. The van der Waals surface area contributed by atoms with E-state index in [0.717, 1.165) is 12.8 Å². The lowest BCUT2D eigenvalue weighted by Gasteiger charge is -2.23. The summed E-state index contributed by atoms with van der Waals surface area (Å²) >= 11 is 6.34. The summed E-state index contributed by atoms with van der Waals surface area (Å²) in [6, 6.07) is 8.89. The Balaban J connectivity index is 1.84. The van der Waals surface area contributed by atoms with Crippen LogP contribution in [0.1, 0.15) is 49.5 Å². The molecule has 0 aliphatic heterocycles. The Bertz CT molecular complexity index is 1350. The van der Waals surface area contributed by atoms with E-state index in [9.17, 15) is 10.1 Å². The molecule has 3 aromatic rings. The molecule has 0 bridgehead atoms. The average molecular weight is 464 g/mol. The molecule has 0 radical (unpaired) electrons. The van der Waals surface area contributed by atoms with Crippen LogP contribution in [-0.2, 0) is 6.54 Å². The minimum Gasteiger partial charge on any atom is -0.382 e. The molecule has 10 nitrogen and oxygen atoms in total. The third kappa shape index (κ3) is 4.52. The van der Waals surface area contributed by atoms with Crippen molar-refractivity contribution in [1.82, 2.24) is 19.5 Å². The number of nitrogens with one attached hydrogen (secondary N) is 1. The Morgan fingerprint density at radius 1 is 1.21 bits per heavy atom. The first-order chi connectivity index (χ1) is 15.9. The molecule has 4 rings (SSSR count). The van der Waals surface area contributed by atoms with E-state index in [-0.39, 0.29) is 34.6 Å². The summed E-state index contributed by atoms with van der Waals surface area (Å²) in [5.41, 5.74) is 12.0. The van der Waals surface area contributed by atoms with E-state index in [1.165, 1.54) is 0 Å². The first-order valence-corrected chi connectivity index (χ1v) is 11.0. The highest BCUT2D eigenvalue weighted by atomic mass is 35.5. The Kier molecular flexibility index (Phi) is 6.29. The van der Waals surface area contributed by atoms with Crippen molar-refractivity contribution in [2.75, 3.05) is 16.8 Å². The van der Waals surface area contributed by atoms with Crippen molar-refractivity contribution < 1.29 is 0 Å². The van der Waals surface area contributed by atoms with Gasteiger partial charge >= 0.3 is 0 Å². The lowest BCUT2D eigenvalue weighted by Crippen LogP contribution is -2.31. The van der Waals surface area contributed by atoms with Crippen LogP contribution in [0, 0.1) is 28.6 Å². The van der Waals surface area contributed by atoms with Crippen molar-refractivity contribution in [3.63, 3.8) is 0 Å². The number of benzene rings is 1. The fourth-order valence-corrected chi connectivity index (χ4v) is 4.10. The number of rotatable bonds is 8. The predicted octanol–water partition coefficient (Wildman–Crippen LogP) is 3.13. The summed E-state index contributed by atoms with van der Waals surface area (Å²) in [5, 5.41) is 22.4. The van der Waals surface area contributed by atoms with E-state index in [2.05, 4.69) is 21.4 Å². The van der Waals surface area contributed by atoms with Gasteiger partial charge in [0, 0.05) is 13.0 Å². The second-order valence-electron chi connectivity index (χ2n) is 7.94. The smallest absolute Gasteiger partial charge is 0.262 e. The van der Waals surface area contributed by atoms with Crippen LogP contribution in [0.2, 0.25) is 5.02 Å². The number of aromatic nitrogens is 4. The Morgan fingerprint density at radius 3 is 2.70 bits per heavy atom. The highest BCUT2D eigenvalue weighted by Crippen LogP contribution is 2.43. The van der Waals surface area contributed by atoms with Gasteiger partial charge in [0.15, 0.2) is 5.82 Å². The number of fused-ring (bicyclic) bond motifs is 1. The van der Waals surface area contributed by atoms with Gasteiger partial charge in [0.1, 0.15) is 23.3 Å². The van der Waals surface area contributed by atoms with E-state index < -0.39 is 6.04 Å². The second-order valence-corrected chi connectivity index (χ2v) is 8.35. The number of unbranched alkanes of at least 4 members (excludes halogenated alkanes) is 2. The Hall–Kier alpha value is -3.89. The van der Waals surface area contributed by atoms with Crippen molar-refractivity contribution in [3.8, 4) is 12.1 Å². The molecular weight excluding hydrogens is 442 g/mol. The molecule has 5 N–H and O–H groups in total. The Labute approximate surface area is 194 Å². The quantitative estimate of drug-likeness (QED) is 0.424. The van der Waals surface area contributed by atoms with Crippen molar-refractivity contribution in [2.45, 2.75) is 44.7 Å². The number of nitrogens with two attached hydrogens (primary N) is 2. The summed E-state index contributed by atoms with van der Waals surface area (Å²) in [6.07, 6.45) is 3.54. The van der Waals surface area contributed by atoms with Crippen molar-refractivity contribution in [1.29, 1.82) is 10.5 Å². The van der Waals surface area contributed by atoms with Gasteiger partial charge in [-0.25, -0.2) is 4.98 Å². The van der Waals surface area contributed by atoms with Gasteiger partial charge in [0.25, 0.3) is 5.56 Å². The molecule has 168 valence electrons. The molecule has 1 aliphatic rings. The molecule has 1 aliphatic carbocycles. The summed E-state index contributed by atoms with van der Waals surface area (Å²) in [5.74, 6) is 0.831. The van der Waals surface area contributed by atoms with Gasteiger partial charge in [0.2, 0.25) is 5.95 Å². The zero-order chi connectivity index (χ0) is 23.5. The van der Waals surface area contributed by atoms with E-state index in [0.29, 0.717) is 47.6 Å². The van der Waals surface area contributed by atoms with Gasteiger partial charge < -0.3 is 16.8 Å². The first-order valence-electron chi connectivity index (χ1n) is 10.6. The van der Waals surface area contributed by atoms with Gasteiger partial charge in [-0.1, -0.05) is 17.7 Å². The number of hydrogen-bond donors (Lipinski definition) is 3. The third-order valence-corrected chi connectivity index (χ3v) is 5.93. The average Bonchev–Trinajstić information content (AvgIpc) is 3.61. The van der Waals surface area contributed by atoms with E-state index in [1.807, 2.05) is 6.07 Å². The zero-order valence-electron chi connectivity index (χ0n) is 17.8. The minimum atomic E-state index is -0.405. The lowest BCUT2D eigenvalue weighted by molar-refractivity contribution is 0.520. The van der Waals surface area contributed by atoms with E-state index in [1.54, 1.807) is 22.8 Å². The standard InChI is InChI=1S/C22H22ClN9O/c23-14-5-4-6-15-16(14)21(33)32(10-3-1-2-9-24)20(28-15)17(12-7-8-12)29-19-13(11-25)18(26)30-22(27)31-19/h4-6,12,17H,1-3,7-8,10H2,(H5,26,27,29,30,31). The molecule has 0 saturated heterocycles. The van der Waals surface area contributed by atoms with Crippen molar-refractivity contribution in [3.05, 3.63) is 45.0 Å². The number of nitriles is 2. The van der Waals surface area contributed by atoms with Crippen LogP contribution in [0.5, 0.6) is 0 Å². The molecule has 33 heavy (non-hydrogen) atoms. The number of nitrogen functional groups attached to an aromatic ring is 2. The van der Waals surface area contributed by atoms with E-state index in [4.69, 9.17) is 33.3 Å². The summed E-state index contributed by atoms with van der Waals surface area (Å²) in [6.45, 7) is 0.383. The maximum atomic E-state index is 13.5. The largest absolute Gasteiger partial charge is 0.382 e. The maximum absolute atomic E-state index is 13.5. The van der Waals surface area contributed by atoms with Crippen molar-refractivity contribution in [2.24, 2.45) is 5.92 Å². The predicted molar refractivity (Wildman–Crippen MR) is 125 cm³/mol. The third-order valence-electron chi connectivity index (χ3n) is 5.61. The van der Waals surface area contributed by atoms with Crippen molar-refractivity contribution >= 4 is 40.1 Å². The minimum absolute atomic E-state index is 0.0193. The van der Waals surface area contributed by atoms with Gasteiger partial charge in [-0.3, -0.25) is 9.36 Å². The summed E-state index contributed by atoms with van der Waals surface area (Å²) in [7, 11) is 0. The van der Waals surface area contributed by atoms with E-state index >= 15 is 0 Å². The number of hydrogen-bond acceptors (Lipinski definition) is 9. The molecule has 1 fully saturated rings. The van der Waals surface area contributed by atoms with Crippen LogP contribution in [-0.4, -0.2) is 19.5 Å². The zero-order valence-corrected chi connectivity index (χ0v) is 18.5. The molecular formula is C22H22ClN9O. The molecule has 2 aromatic heterocycles. The molecule has 1 aromatic carbocycles. The molecule has 1 atom stereocenters. The molecule has 1 saturated carbocycles. The SMILES string of the molecule is N#CCCCCn1c(C(Nc2nc(N)nc(N)c2C#N)C2CC2)nc2cccc(Cl)c2c1=O. The first kappa shape index (κ1) is 22.3. The normalized spacial score (nSPS) is 13.9. The summed E-state index contributed by atoms with van der Waals surface area (Å²) in [4.78, 5) is 26.3. The van der Waals surface area contributed by atoms with Crippen LogP contribution >= 0.6 is 11.6 Å². The molecule has 0 amide bonds. The molecule has 1 unspecified atom stereocenters. The fraction of sp³-hybridized carbons (Fsp3) is 0.364. The van der Waals surface area contributed by atoms with Crippen LogP contribution < -0.4 is 22.3 Å². The maximum Gasteiger partial charge on any atom is 0.262 e. The monoisotopic (exact) mass is 463 g/mol. The van der Waals surface area contributed by atoms with Gasteiger partial charge in [0.05, 0.1) is 28.0 Å². The second kappa shape index (κ2) is 9.31. The highest BCUT2D eigenvalue weighted by Gasteiger charge is 2.36. The number of anilines is 3. The van der Waals surface area contributed by atoms with Crippen LogP contribution in [0.4, 0.5) is 17.6 Å². The summed E-state index contributed by atoms with van der Waals surface area (Å²) < 4.78 is 1.61. The number of nitrogens with zero attached hydrogens (tertiary/aromatic N) is 6. The highest BCUT2D eigenvalue weighted by molar-refractivity contribution is 6.35. The van der Waals surface area contributed by atoms with Gasteiger partial charge in [-0.05, 0) is 43.7 Å². The van der Waals surface area contributed by atoms with Gasteiger partial charge in [-0.15, -0.1) is 0 Å². The molecule has 0 spiro atoms. The molecule has 11 heteroatoms. The van der Waals surface area contributed by atoms with Gasteiger partial charge in [-0.2, -0.15) is 20.5 Å². The van der Waals surface area contributed by atoms with Crippen LogP contribution in [0.15, 0.2) is 23.0 Å². The lowest BCUT2D eigenvalue weighted by atomic mass is 10.1. The topological polar surface area (TPSA) is 172 Å². The van der Waals surface area contributed by atoms with Crippen LogP contribution in [0.25, 0.3) is 10.9 Å². The van der Waals surface area contributed by atoms with Crippen LogP contribution in [0.3, 0.4) is 0 Å².